The second-order valence-electron chi connectivity index (χ2n) is 9.06. The van der Waals surface area contributed by atoms with E-state index in [1.165, 1.54) is 45.1 Å². The fraction of sp³-hybridized carbons (Fsp3) is 0.870. The van der Waals surface area contributed by atoms with Gasteiger partial charge in [0.05, 0.1) is 0 Å². The van der Waals surface area contributed by atoms with E-state index in [2.05, 4.69) is 44.4 Å². The molecule has 0 bridgehead atoms. The lowest BCUT2D eigenvalue weighted by Crippen LogP contribution is -2.27. The highest BCUT2D eigenvalue weighted by molar-refractivity contribution is 5.65. The first-order chi connectivity index (χ1) is 13.8. The number of carbonyl (C=O) groups is 3. The highest BCUT2D eigenvalue weighted by Gasteiger charge is 2.14. The first-order valence-electron chi connectivity index (χ1n) is 11.0. The van der Waals surface area contributed by atoms with Gasteiger partial charge in [0.25, 0.3) is 6.47 Å². The summed E-state index contributed by atoms with van der Waals surface area (Å²) in [4.78, 5) is 30.9. The van der Waals surface area contributed by atoms with E-state index in [1.807, 2.05) is 0 Å². The standard InChI is InChI=1S/C11H22O.C6H13N.C5H11NO2.CH2O2/c1-4-10(2)6-5-7-11(3)8-9-12;1-6-4-3-5-7(6)2;1-5(2,3)8-4(6)7;2-1-3/h9-11H,4-8H2,1-3H3;6H,3-5H2,1-2H3;1-3H3,(H2,6,7);1H,(H,2,3). The second-order valence-corrected chi connectivity index (χ2v) is 9.06. The summed E-state index contributed by atoms with van der Waals surface area (Å²) in [7, 11) is 2.19. The first-order valence-corrected chi connectivity index (χ1v) is 11.0. The maximum Gasteiger partial charge on any atom is 0.405 e. The summed E-state index contributed by atoms with van der Waals surface area (Å²) in [5.74, 6) is 1.44. The van der Waals surface area contributed by atoms with Gasteiger partial charge in [-0.25, -0.2) is 4.79 Å². The van der Waals surface area contributed by atoms with Crippen LogP contribution in [-0.2, 0) is 14.3 Å². The van der Waals surface area contributed by atoms with Crippen LogP contribution in [0.15, 0.2) is 0 Å². The summed E-state index contributed by atoms with van der Waals surface area (Å²) in [6.07, 6.45) is 8.94. The number of primary amides is 1. The van der Waals surface area contributed by atoms with Gasteiger partial charge in [-0.05, 0) is 66.0 Å². The van der Waals surface area contributed by atoms with Gasteiger partial charge in [0.1, 0.15) is 11.9 Å². The monoisotopic (exact) mass is 432 g/mol. The molecule has 3 unspecified atom stereocenters. The maximum atomic E-state index is 10.2. The van der Waals surface area contributed by atoms with Gasteiger partial charge < -0.3 is 25.3 Å². The SMILES string of the molecule is CC(C)(C)OC(N)=O.CC1CCCN1C.CCC(C)CCCC(C)CC=O.O=CO. The Morgan fingerprint density at radius 1 is 1.23 bits per heavy atom. The van der Waals surface area contributed by atoms with E-state index in [0.717, 1.165) is 24.7 Å². The van der Waals surface area contributed by atoms with Crippen molar-refractivity contribution in [3.63, 3.8) is 0 Å². The molecule has 0 radical (unpaired) electrons. The van der Waals surface area contributed by atoms with Crippen LogP contribution in [0.2, 0.25) is 0 Å². The van der Waals surface area contributed by atoms with Gasteiger partial charge in [0, 0.05) is 12.5 Å². The molecule has 1 fully saturated rings. The summed E-state index contributed by atoms with van der Waals surface area (Å²) in [5.41, 5.74) is 4.26. The summed E-state index contributed by atoms with van der Waals surface area (Å²) in [5, 5.41) is 6.89. The number of likely N-dealkylation sites (tertiary alicyclic amines) is 1. The van der Waals surface area contributed by atoms with Gasteiger partial charge >= 0.3 is 6.09 Å². The van der Waals surface area contributed by atoms with Crippen molar-refractivity contribution in [3.8, 4) is 0 Å². The van der Waals surface area contributed by atoms with Crippen molar-refractivity contribution in [3.05, 3.63) is 0 Å². The van der Waals surface area contributed by atoms with Gasteiger partial charge in [0.15, 0.2) is 0 Å². The van der Waals surface area contributed by atoms with Crippen LogP contribution in [0.1, 0.15) is 93.4 Å². The molecule has 0 spiro atoms. The van der Waals surface area contributed by atoms with Crippen molar-refractivity contribution in [1.29, 1.82) is 0 Å². The predicted octanol–water partition coefficient (Wildman–Crippen LogP) is 5.11. The Bertz CT molecular complexity index is 416. The largest absolute Gasteiger partial charge is 0.483 e. The van der Waals surface area contributed by atoms with Crippen LogP contribution < -0.4 is 5.73 Å². The third-order valence-electron chi connectivity index (χ3n) is 4.88. The number of rotatable bonds is 7. The third kappa shape index (κ3) is 28.6. The molecule has 1 heterocycles. The number of amides is 1. The van der Waals surface area contributed by atoms with E-state index in [9.17, 15) is 9.59 Å². The molecule has 30 heavy (non-hydrogen) atoms. The number of carboxylic acid groups (broad SMARTS) is 1. The lowest BCUT2D eigenvalue weighted by atomic mass is 9.96. The van der Waals surface area contributed by atoms with E-state index >= 15 is 0 Å². The zero-order valence-electron chi connectivity index (χ0n) is 20.6. The minimum Gasteiger partial charge on any atom is -0.483 e. The molecule has 180 valence electrons. The molecule has 1 amide bonds. The lowest BCUT2D eigenvalue weighted by molar-refractivity contribution is -0.122. The zero-order valence-corrected chi connectivity index (χ0v) is 20.6. The summed E-state index contributed by atoms with van der Waals surface area (Å²) < 4.78 is 4.58. The van der Waals surface area contributed by atoms with E-state index < -0.39 is 11.7 Å². The van der Waals surface area contributed by atoms with Crippen LogP contribution in [0.25, 0.3) is 0 Å². The van der Waals surface area contributed by atoms with E-state index in [-0.39, 0.29) is 6.47 Å². The molecule has 0 aliphatic carbocycles. The normalized spacial score (nSPS) is 17.5. The summed E-state index contributed by atoms with van der Waals surface area (Å²) >= 11 is 0. The van der Waals surface area contributed by atoms with Crippen LogP contribution >= 0.6 is 0 Å². The van der Waals surface area contributed by atoms with Crippen LogP contribution in [0.4, 0.5) is 4.79 Å². The van der Waals surface area contributed by atoms with Gasteiger partial charge in [0.2, 0.25) is 0 Å². The minimum atomic E-state index is -0.725. The van der Waals surface area contributed by atoms with Crippen LogP contribution in [-0.4, -0.2) is 54.1 Å². The predicted molar refractivity (Wildman–Crippen MR) is 124 cm³/mol. The Morgan fingerprint density at radius 3 is 1.97 bits per heavy atom. The number of hydrogen-bond donors (Lipinski definition) is 2. The average molecular weight is 433 g/mol. The zero-order chi connectivity index (χ0) is 24.2. The highest BCUT2D eigenvalue weighted by Crippen LogP contribution is 2.16. The molecule has 1 aliphatic heterocycles. The maximum absolute atomic E-state index is 10.2. The Labute approximate surface area is 184 Å². The fourth-order valence-electron chi connectivity index (χ4n) is 2.68. The van der Waals surface area contributed by atoms with Gasteiger partial charge in [-0.15, -0.1) is 0 Å². The summed E-state index contributed by atoms with van der Waals surface area (Å²) in [6, 6.07) is 0.847. The molecule has 1 rings (SSSR count). The smallest absolute Gasteiger partial charge is 0.405 e. The molecule has 3 N–H and O–H groups in total. The number of nitrogens with zero attached hydrogens (tertiary/aromatic N) is 1. The number of nitrogens with two attached hydrogens (primary N) is 1. The van der Waals surface area contributed by atoms with Crippen molar-refractivity contribution < 1.29 is 24.2 Å². The number of aldehydes is 1. The fourth-order valence-corrected chi connectivity index (χ4v) is 2.68. The summed E-state index contributed by atoms with van der Waals surface area (Å²) in [6.45, 7) is 15.3. The van der Waals surface area contributed by atoms with Gasteiger partial charge in [-0.3, -0.25) is 4.79 Å². The molecule has 1 aliphatic rings. The van der Waals surface area contributed by atoms with Crippen molar-refractivity contribution in [2.75, 3.05) is 13.6 Å². The number of carbonyl (C=O) groups excluding carboxylic acids is 2. The van der Waals surface area contributed by atoms with Crippen molar-refractivity contribution in [2.24, 2.45) is 17.6 Å². The Hall–Kier alpha value is -1.63. The molecule has 7 nitrogen and oxygen atoms in total. The lowest BCUT2D eigenvalue weighted by Gasteiger charge is -2.16. The minimum absolute atomic E-state index is 0.250. The van der Waals surface area contributed by atoms with Crippen LogP contribution in [0.3, 0.4) is 0 Å². The molecule has 0 aromatic rings. The Balaban J connectivity index is -0.000000353. The molecule has 1 saturated heterocycles. The molecule has 0 aromatic carbocycles. The molecule has 3 atom stereocenters. The molecule has 0 saturated carbocycles. The van der Waals surface area contributed by atoms with Gasteiger partial charge in [-0.2, -0.15) is 0 Å². The quantitative estimate of drug-likeness (QED) is 0.541. The first kappa shape index (κ1) is 33.0. The van der Waals surface area contributed by atoms with Crippen LogP contribution in [0, 0.1) is 11.8 Å². The third-order valence-corrected chi connectivity index (χ3v) is 4.88. The molecule has 7 heteroatoms. The van der Waals surface area contributed by atoms with Crippen molar-refractivity contribution in [1.82, 2.24) is 4.90 Å². The Morgan fingerprint density at radius 2 is 1.73 bits per heavy atom. The Kier molecular flexibility index (Phi) is 22.7. The van der Waals surface area contributed by atoms with E-state index in [1.54, 1.807) is 20.8 Å². The molecular weight excluding hydrogens is 384 g/mol. The number of hydrogen-bond acceptors (Lipinski definition) is 5. The van der Waals surface area contributed by atoms with Crippen molar-refractivity contribution in [2.45, 2.75) is 105 Å². The van der Waals surface area contributed by atoms with Crippen molar-refractivity contribution >= 4 is 18.9 Å². The topological polar surface area (TPSA) is 110 Å². The molecule has 0 aromatic heterocycles. The van der Waals surface area contributed by atoms with Gasteiger partial charge in [-0.1, -0.05) is 46.5 Å². The highest BCUT2D eigenvalue weighted by atomic mass is 16.6. The van der Waals surface area contributed by atoms with E-state index in [0.29, 0.717) is 5.92 Å². The average Bonchev–Trinajstić information content (AvgIpc) is 2.97. The van der Waals surface area contributed by atoms with Crippen LogP contribution in [0.5, 0.6) is 0 Å². The van der Waals surface area contributed by atoms with E-state index in [4.69, 9.17) is 15.6 Å². The number of ether oxygens (including phenoxy) is 1. The second kappa shape index (κ2) is 20.6. The molecular formula is C23H48N2O5.